The maximum atomic E-state index is 12.9. The maximum absolute atomic E-state index is 12.9. The Morgan fingerprint density at radius 3 is 2.77 bits per heavy atom. The summed E-state index contributed by atoms with van der Waals surface area (Å²) in [6.45, 7) is 5.52. The van der Waals surface area contributed by atoms with Gasteiger partial charge < -0.3 is 4.74 Å². The van der Waals surface area contributed by atoms with Crippen molar-refractivity contribution < 1.29 is 13.5 Å². The molecule has 0 fully saturated rings. The first-order valence-corrected chi connectivity index (χ1v) is 3.82. The molecule has 0 aromatic heterocycles. The fourth-order valence-corrected chi connectivity index (χ4v) is 0.789. The largest absolute Gasteiger partial charge is 0.486 e. The second-order valence-corrected chi connectivity index (χ2v) is 2.82. The molecule has 1 aromatic carbocycles. The van der Waals surface area contributed by atoms with Gasteiger partial charge in [0, 0.05) is 6.07 Å². The first kappa shape index (κ1) is 9.71. The molecular weight excluding hydrogens is 174 g/mol. The number of ether oxygens (including phenoxy) is 1. The Bertz CT molecular complexity index is 321. The summed E-state index contributed by atoms with van der Waals surface area (Å²) in [7, 11) is 0. The molecule has 0 radical (unpaired) electrons. The van der Waals surface area contributed by atoms with E-state index in [9.17, 15) is 8.78 Å². The molecule has 0 aliphatic rings. The molecule has 13 heavy (non-hydrogen) atoms. The van der Waals surface area contributed by atoms with Gasteiger partial charge in [0.1, 0.15) is 12.4 Å². The van der Waals surface area contributed by atoms with Crippen molar-refractivity contribution in [1.29, 1.82) is 0 Å². The van der Waals surface area contributed by atoms with E-state index in [-0.39, 0.29) is 12.4 Å². The lowest BCUT2D eigenvalue weighted by atomic mass is 10.3. The highest BCUT2D eigenvalue weighted by molar-refractivity contribution is 5.25. The lowest BCUT2D eigenvalue weighted by Crippen LogP contribution is -1.99. The predicted octanol–water partition coefficient (Wildman–Crippen LogP) is 2.92. The van der Waals surface area contributed by atoms with E-state index in [0.29, 0.717) is 0 Å². The van der Waals surface area contributed by atoms with Crippen molar-refractivity contribution in [1.82, 2.24) is 0 Å². The molecule has 0 spiro atoms. The molecule has 0 saturated heterocycles. The van der Waals surface area contributed by atoms with Crippen LogP contribution in [0.25, 0.3) is 0 Å². The van der Waals surface area contributed by atoms with Crippen LogP contribution in [0.15, 0.2) is 30.4 Å². The molecule has 3 heteroatoms. The summed E-state index contributed by atoms with van der Waals surface area (Å²) >= 11 is 0. The molecule has 0 bridgehead atoms. The average Bonchev–Trinajstić information content (AvgIpc) is 2.06. The monoisotopic (exact) mass is 184 g/mol. The van der Waals surface area contributed by atoms with E-state index in [4.69, 9.17) is 4.74 Å². The van der Waals surface area contributed by atoms with Crippen molar-refractivity contribution in [2.75, 3.05) is 6.61 Å². The summed E-state index contributed by atoms with van der Waals surface area (Å²) in [6, 6.07) is 3.09. The fourth-order valence-electron chi connectivity index (χ4n) is 0.789. The molecule has 1 aromatic rings. The van der Waals surface area contributed by atoms with Crippen LogP contribution in [0.3, 0.4) is 0 Å². The number of hydrogen-bond donors (Lipinski definition) is 0. The molecule has 1 nitrogen and oxygen atoms in total. The predicted molar refractivity (Wildman–Crippen MR) is 46.7 cm³/mol. The quantitative estimate of drug-likeness (QED) is 0.656. The standard InChI is InChI=1S/C10H10F2O/c1-7(2)6-13-10-5-8(11)3-4-9(10)12/h3-5H,1,6H2,2H3. The second kappa shape index (κ2) is 4.03. The summed E-state index contributed by atoms with van der Waals surface area (Å²) in [4.78, 5) is 0. The zero-order valence-electron chi connectivity index (χ0n) is 7.31. The van der Waals surface area contributed by atoms with Crippen LogP contribution in [-0.4, -0.2) is 6.61 Å². The molecular formula is C10H10F2O. The Balaban J connectivity index is 2.75. The van der Waals surface area contributed by atoms with Crippen LogP contribution in [-0.2, 0) is 0 Å². The van der Waals surface area contributed by atoms with Crippen LogP contribution >= 0.6 is 0 Å². The maximum Gasteiger partial charge on any atom is 0.165 e. The van der Waals surface area contributed by atoms with Crippen LogP contribution < -0.4 is 4.74 Å². The third-order valence-corrected chi connectivity index (χ3v) is 1.37. The van der Waals surface area contributed by atoms with Gasteiger partial charge in [-0.05, 0) is 24.6 Å². The van der Waals surface area contributed by atoms with Crippen molar-refractivity contribution in [3.8, 4) is 5.75 Å². The highest BCUT2D eigenvalue weighted by Gasteiger charge is 2.04. The summed E-state index contributed by atoms with van der Waals surface area (Å²) in [5.41, 5.74) is 0.753. The van der Waals surface area contributed by atoms with Gasteiger partial charge in [-0.15, -0.1) is 0 Å². The normalized spacial score (nSPS) is 9.77. The number of benzene rings is 1. The summed E-state index contributed by atoms with van der Waals surface area (Å²) in [5, 5.41) is 0. The molecule has 70 valence electrons. The molecule has 0 amide bonds. The lowest BCUT2D eigenvalue weighted by molar-refractivity contribution is 0.330. The van der Waals surface area contributed by atoms with E-state index in [2.05, 4.69) is 6.58 Å². The van der Waals surface area contributed by atoms with Gasteiger partial charge in [-0.2, -0.15) is 0 Å². The molecule has 0 saturated carbocycles. The van der Waals surface area contributed by atoms with Crippen molar-refractivity contribution in [2.24, 2.45) is 0 Å². The first-order chi connectivity index (χ1) is 6.09. The van der Waals surface area contributed by atoms with Gasteiger partial charge in [-0.25, -0.2) is 8.78 Å². The average molecular weight is 184 g/mol. The second-order valence-electron chi connectivity index (χ2n) is 2.82. The Kier molecular flexibility index (Phi) is 3.01. The fraction of sp³-hybridized carbons (Fsp3) is 0.200. The van der Waals surface area contributed by atoms with Gasteiger partial charge in [-0.1, -0.05) is 6.58 Å². The highest BCUT2D eigenvalue weighted by Crippen LogP contribution is 2.18. The van der Waals surface area contributed by atoms with Gasteiger partial charge in [0.15, 0.2) is 11.6 Å². The number of hydrogen-bond acceptors (Lipinski definition) is 1. The van der Waals surface area contributed by atoms with E-state index in [1.807, 2.05) is 0 Å². The van der Waals surface area contributed by atoms with Gasteiger partial charge in [0.2, 0.25) is 0 Å². The van der Waals surface area contributed by atoms with Gasteiger partial charge >= 0.3 is 0 Å². The summed E-state index contributed by atoms with van der Waals surface area (Å²) in [6.07, 6.45) is 0. The lowest BCUT2D eigenvalue weighted by Gasteiger charge is -2.06. The van der Waals surface area contributed by atoms with E-state index in [0.717, 1.165) is 23.8 Å². The zero-order valence-corrected chi connectivity index (χ0v) is 7.31. The zero-order chi connectivity index (χ0) is 9.84. The van der Waals surface area contributed by atoms with E-state index >= 15 is 0 Å². The Hall–Kier alpha value is -1.38. The van der Waals surface area contributed by atoms with Crippen molar-refractivity contribution in [3.63, 3.8) is 0 Å². The minimum atomic E-state index is -0.567. The smallest absolute Gasteiger partial charge is 0.165 e. The molecule has 0 aliphatic heterocycles. The van der Waals surface area contributed by atoms with Gasteiger partial charge in [-0.3, -0.25) is 0 Å². The highest BCUT2D eigenvalue weighted by atomic mass is 19.1. The number of rotatable bonds is 3. The third-order valence-electron chi connectivity index (χ3n) is 1.37. The van der Waals surface area contributed by atoms with Crippen molar-refractivity contribution >= 4 is 0 Å². The SMILES string of the molecule is C=C(C)COc1cc(F)ccc1F. The van der Waals surface area contributed by atoms with E-state index in [1.54, 1.807) is 6.92 Å². The van der Waals surface area contributed by atoms with E-state index < -0.39 is 11.6 Å². The Morgan fingerprint density at radius 1 is 1.46 bits per heavy atom. The van der Waals surface area contributed by atoms with Crippen LogP contribution in [0.1, 0.15) is 6.92 Å². The third kappa shape index (κ3) is 2.86. The molecule has 0 N–H and O–H groups in total. The van der Waals surface area contributed by atoms with Crippen LogP contribution in [0.4, 0.5) is 8.78 Å². The molecule has 1 rings (SSSR count). The topological polar surface area (TPSA) is 9.23 Å². The van der Waals surface area contributed by atoms with Crippen LogP contribution in [0.2, 0.25) is 0 Å². The van der Waals surface area contributed by atoms with Crippen molar-refractivity contribution in [2.45, 2.75) is 6.92 Å². The van der Waals surface area contributed by atoms with Crippen LogP contribution in [0.5, 0.6) is 5.75 Å². The Morgan fingerprint density at radius 2 is 2.15 bits per heavy atom. The summed E-state index contributed by atoms with van der Waals surface area (Å²) in [5.74, 6) is -1.16. The Labute approximate surface area is 75.6 Å². The minimum Gasteiger partial charge on any atom is -0.486 e. The molecule has 0 aliphatic carbocycles. The van der Waals surface area contributed by atoms with Crippen molar-refractivity contribution in [3.05, 3.63) is 42.0 Å². The van der Waals surface area contributed by atoms with Crippen LogP contribution in [0, 0.1) is 11.6 Å². The summed E-state index contributed by atoms with van der Waals surface area (Å²) < 4.78 is 30.5. The van der Waals surface area contributed by atoms with E-state index in [1.165, 1.54) is 0 Å². The minimum absolute atomic E-state index is 0.0806. The van der Waals surface area contributed by atoms with Gasteiger partial charge in [0.05, 0.1) is 0 Å². The molecule has 0 heterocycles. The molecule has 0 atom stereocenters. The molecule has 0 unspecified atom stereocenters. The number of halogens is 2. The first-order valence-electron chi connectivity index (χ1n) is 3.82. The van der Waals surface area contributed by atoms with Gasteiger partial charge in [0.25, 0.3) is 0 Å².